The van der Waals surface area contributed by atoms with Crippen LogP contribution in [-0.2, 0) is 13.1 Å². The lowest BCUT2D eigenvalue weighted by Crippen LogP contribution is -1.99. The molecule has 108 valence electrons. The van der Waals surface area contributed by atoms with Gasteiger partial charge < -0.3 is 15.0 Å². The van der Waals surface area contributed by atoms with Crippen LogP contribution < -0.4 is 10.5 Å². The first-order chi connectivity index (χ1) is 10.2. The SMILES string of the molecule is COc1ccc(Cn2ccc3cc(CN)ccc32)cc1Br. The third-order valence-corrected chi connectivity index (χ3v) is 4.26. The number of hydrogen-bond acceptors (Lipinski definition) is 2. The average Bonchev–Trinajstić information content (AvgIpc) is 2.89. The predicted molar refractivity (Wildman–Crippen MR) is 89.6 cm³/mol. The van der Waals surface area contributed by atoms with Gasteiger partial charge in [0.25, 0.3) is 0 Å². The molecule has 1 heterocycles. The Bertz CT molecular complexity index is 780. The number of aromatic nitrogens is 1. The summed E-state index contributed by atoms with van der Waals surface area (Å²) in [4.78, 5) is 0. The smallest absolute Gasteiger partial charge is 0.133 e. The third kappa shape index (κ3) is 2.82. The van der Waals surface area contributed by atoms with Crippen molar-refractivity contribution in [1.82, 2.24) is 4.57 Å². The molecular weight excluding hydrogens is 328 g/mol. The zero-order chi connectivity index (χ0) is 14.8. The number of halogens is 1. The Hall–Kier alpha value is -1.78. The minimum atomic E-state index is 0.576. The summed E-state index contributed by atoms with van der Waals surface area (Å²) >= 11 is 3.53. The molecular formula is C17H17BrN2O. The van der Waals surface area contributed by atoms with Crippen molar-refractivity contribution >= 4 is 26.8 Å². The minimum Gasteiger partial charge on any atom is -0.496 e. The van der Waals surface area contributed by atoms with E-state index in [1.807, 2.05) is 6.07 Å². The maximum Gasteiger partial charge on any atom is 0.133 e. The number of hydrogen-bond donors (Lipinski definition) is 1. The van der Waals surface area contributed by atoms with Gasteiger partial charge >= 0.3 is 0 Å². The molecule has 1 aromatic heterocycles. The average molecular weight is 345 g/mol. The molecule has 2 N–H and O–H groups in total. The monoisotopic (exact) mass is 344 g/mol. The summed E-state index contributed by atoms with van der Waals surface area (Å²) in [7, 11) is 1.67. The van der Waals surface area contributed by atoms with Crippen LogP contribution in [0.4, 0.5) is 0 Å². The minimum absolute atomic E-state index is 0.576. The van der Waals surface area contributed by atoms with Crippen LogP contribution in [0, 0.1) is 0 Å². The molecule has 3 aromatic rings. The highest BCUT2D eigenvalue weighted by Gasteiger charge is 2.05. The van der Waals surface area contributed by atoms with E-state index in [1.54, 1.807) is 7.11 Å². The molecule has 0 saturated heterocycles. The van der Waals surface area contributed by atoms with Crippen molar-refractivity contribution in [3.8, 4) is 5.75 Å². The molecule has 4 heteroatoms. The van der Waals surface area contributed by atoms with Crippen LogP contribution in [0.25, 0.3) is 10.9 Å². The Morgan fingerprint density at radius 2 is 1.90 bits per heavy atom. The second kappa shape index (κ2) is 5.92. The molecule has 0 radical (unpaired) electrons. The van der Waals surface area contributed by atoms with Crippen molar-refractivity contribution < 1.29 is 4.74 Å². The maximum atomic E-state index is 5.69. The number of fused-ring (bicyclic) bond motifs is 1. The lowest BCUT2D eigenvalue weighted by molar-refractivity contribution is 0.412. The van der Waals surface area contributed by atoms with Crippen LogP contribution in [-0.4, -0.2) is 11.7 Å². The Kier molecular flexibility index (Phi) is 3.99. The van der Waals surface area contributed by atoms with Crippen molar-refractivity contribution in [3.05, 3.63) is 64.3 Å². The second-order valence-electron chi connectivity index (χ2n) is 5.01. The molecule has 0 fully saturated rings. The van der Waals surface area contributed by atoms with E-state index in [-0.39, 0.29) is 0 Å². The molecule has 0 aliphatic carbocycles. The van der Waals surface area contributed by atoms with Gasteiger partial charge in [-0.3, -0.25) is 0 Å². The van der Waals surface area contributed by atoms with Gasteiger partial charge in [-0.25, -0.2) is 0 Å². The first-order valence-electron chi connectivity index (χ1n) is 6.81. The molecule has 0 bridgehead atoms. The lowest BCUT2D eigenvalue weighted by Gasteiger charge is -2.09. The van der Waals surface area contributed by atoms with Crippen LogP contribution in [0.15, 0.2) is 53.1 Å². The molecule has 21 heavy (non-hydrogen) atoms. The summed E-state index contributed by atoms with van der Waals surface area (Å²) in [5.74, 6) is 0.851. The zero-order valence-corrected chi connectivity index (χ0v) is 13.4. The summed E-state index contributed by atoms with van der Waals surface area (Å²) < 4.78 is 8.48. The van der Waals surface area contributed by atoms with Crippen LogP contribution in [0.3, 0.4) is 0 Å². The fraction of sp³-hybridized carbons (Fsp3) is 0.176. The van der Waals surface area contributed by atoms with Gasteiger partial charge in [-0.1, -0.05) is 12.1 Å². The largest absolute Gasteiger partial charge is 0.496 e. The molecule has 0 saturated carbocycles. The Balaban J connectivity index is 1.93. The van der Waals surface area contributed by atoms with E-state index in [2.05, 4.69) is 63.1 Å². The number of methoxy groups -OCH3 is 1. The van der Waals surface area contributed by atoms with E-state index in [0.29, 0.717) is 6.54 Å². The van der Waals surface area contributed by atoms with Crippen molar-refractivity contribution in [1.29, 1.82) is 0 Å². The normalized spacial score (nSPS) is 11.0. The summed E-state index contributed by atoms with van der Waals surface area (Å²) in [5.41, 5.74) is 9.30. The van der Waals surface area contributed by atoms with Gasteiger partial charge in [-0.2, -0.15) is 0 Å². The van der Waals surface area contributed by atoms with Gasteiger partial charge in [0.15, 0.2) is 0 Å². The van der Waals surface area contributed by atoms with Crippen LogP contribution in [0.2, 0.25) is 0 Å². The first kappa shape index (κ1) is 14.2. The molecule has 0 atom stereocenters. The van der Waals surface area contributed by atoms with Gasteiger partial charge in [0.2, 0.25) is 0 Å². The van der Waals surface area contributed by atoms with E-state index in [0.717, 1.165) is 22.3 Å². The summed E-state index contributed by atoms with van der Waals surface area (Å²) in [6, 6.07) is 14.7. The standard InChI is InChI=1S/C17H17BrN2O/c1-21-17-5-3-13(9-15(17)18)11-20-7-6-14-8-12(10-19)2-4-16(14)20/h2-9H,10-11,19H2,1H3. The molecule has 3 rings (SSSR count). The van der Waals surface area contributed by atoms with E-state index in [9.17, 15) is 0 Å². The Morgan fingerprint density at radius 3 is 2.62 bits per heavy atom. The highest BCUT2D eigenvalue weighted by Crippen LogP contribution is 2.26. The zero-order valence-electron chi connectivity index (χ0n) is 11.8. The molecule has 0 amide bonds. The number of rotatable bonds is 4. The van der Waals surface area contributed by atoms with Crippen LogP contribution in [0.1, 0.15) is 11.1 Å². The van der Waals surface area contributed by atoms with E-state index < -0.39 is 0 Å². The number of nitrogens with two attached hydrogens (primary N) is 1. The summed E-state index contributed by atoms with van der Waals surface area (Å²) in [5, 5.41) is 1.23. The van der Waals surface area contributed by atoms with Crippen molar-refractivity contribution in [2.45, 2.75) is 13.1 Å². The predicted octanol–water partition coefficient (Wildman–Crippen LogP) is 3.92. The van der Waals surface area contributed by atoms with E-state index >= 15 is 0 Å². The summed E-state index contributed by atoms with van der Waals surface area (Å²) in [6.07, 6.45) is 2.11. The quantitative estimate of drug-likeness (QED) is 0.779. The third-order valence-electron chi connectivity index (χ3n) is 3.64. The topological polar surface area (TPSA) is 40.2 Å². The molecule has 0 spiro atoms. The molecule has 0 aliphatic rings. The molecule has 0 aliphatic heterocycles. The molecule has 2 aromatic carbocycles. The lowest BCUT2D eigenvalue weighted by atomic mass is 10.1. The van der Waals surface area contributed by atoms with Gasteiger partial charge in [0.05, 0.1) is 11.6 Å². The highest BCUT2D eigenvalue weighted by atomic mass is 79.9. The van der Waals surface area contributed by atoms with Gasteiger partial charge in [-0.15, -0.1) is 0 Å². The number of benzene rings is 2. The van der Waals surface area contributed by atoms with Crippen molar-refractivity contribution in [3.63, 3.8) is 0 Å². The van der Waals surface area contributed by atoms with E-state index in [4.69, 9.17) is 10.5 Å². The molecule has 0 unspecified atom stereocenters. The Labute approximate surface area is 132 Å². The fourth-order valence-corrected chi connectivity index (χ4v) is 3.11. The van der Waals surface area contributed by atoms with Crippen molar-refractivity contribution in [2.24, 2.45) is 5.73 Å². The van der Waals surface area contributed by atoms with Crippen LogP contribution >= 0.6 is 15.9 Å². The number of ether oxygens (including phenoxy) is 1. The van der Waals surface area contributed by atoms with Gasteiger partial charge in [0.1, 0.15) is 5.75 Å². The van der Waals surface area contributed by atoms with E-state index in [1.165, 1.54) is 16.5 Å². The van der Waals surface area contributed by atoms with Gasteiger partial charge in [-0.05, 0) is 62.8 Å². The molecule has 3 nitrogen and oxygen atoms in total. The van der Waals surface area contributed by atoms with Crippen LogP contribution in [0.5, 0.6) is 5.75 Å². The summed E-state index contributed by atoms with van der Waals surface area (Å²) in [6.45, 7) is 1.40. The fourth-order valence-electron chi connectivity index (χ4n) is 2.52. The highest BCUT2D eigenvalue weighted by molar-refractivity contribution is 9.10. The number of nitrogens with zero attached hydrogens (tertiary/aromatic N) is 1. The Morgan fingerprint density at radius 1 is 1.10 bits per heavy atom. The maximum absolute atomic E-state index is 5.69. The van der Waals surface area contributed by atoms with Gasteiger partial charge in [0, 0.05) is 24.8 Å². The van der Waals surface area contributed by atoms with Crippen molar-refractivity contribution in [2.75, 3.05) is 7.11 Å². The first-order valence-corrected chi connectivity index (χ1v) is 7.61. The second-order valence-corrected chi connectivity index (χ2v) is 5.86.